The molecule has 1 rings (SSSR count). The summed E-state index contributed by atoms with van der Waals surface area (Å²) in [6.07, 6.45) is 1.19. The highest BCUT2D eigenvalue weighted by atomic mass is 28.3. The molecule has 0 fully saturated rings. The van der Waals surface area contributed by atoms with Crippen molar-refractivity contribution in [1.82, 2.24) is 5.32 Å². The van der Waals surface area contributed by atoms with E-state index in [2.05, 4.69) is 56.1 Å². The van der Waals surface area contributed by atoms with Gasteiger partial charge < -0.3 is 10.1 Å². The minimum Gasteiger partial charge on any atom is -0.383 e. The van der Waals surface area contributed by atoms with Gasteiger partial charge in [-0.3, -0.25) is 0 Å². The highest BCUT2D eigenvalue weighted by molar-refractivity contribution is 6.76. The molecule has 1 atom stereocenters. The first-order valence-electron chi connectivity index (χ1n) is 7.66. The Morgan fingerprint density at radius 1 is 1.20 bits per heavy atom. The van der Waals surface area contributed by atoms with Gasteiger partial charge in [0.15, 0.2) is 0 Å². The number of hydrogen-bond donors (Lipinski definition) is 1. The summed E-state index contributed by atoms with van der Waals surface area (Å²) in [7, 11) is 0.727. The fourth-order valence-corrected chi connectivity index (χ4v) is 4.73. The first-order chi connectivity index (χ1) is 9.42. The molecule has 1 unspecified atom stereocenters. The molecule has 0 aliphatic heterocycles. The van der Waals surface area contributed by atoms with Crippen LogP contribution < -0.4 is 5.32 Å². The second-order valence-corrected chi connectivity index (χ2v) is 12.5. The summed E-state index contributed by atoms with van der Waals surface area (Å²) in [6, 6.07) is 10.2. The molecule has 3 heteroatoms. The van der Waals surface area contributed by atoms with Gasteiger partial charge in [-0.05, 0) is 36.9 Å². The van der Waals surface area contributed by atoms with Gasteiger partial charge in [-0.2, -0.15) is 0 Å². The lowest BCUT2D eigenvalue weighted by Crippen LogP contribution is -2.33. The average molecular weight is 294 g/mol. The van der Waals surface area contributed by atoms with Crippen molar-refractivity contribution in [3.8, 4) is 0 Å². The van der Waals surface area contributed by atoms with Gasteiger partial charge in [0, 0.05) is 21.7 Å². The van der Waals surface area contributed by atoms with E-state index in [9.17, 15) is 0 Å². The van der Waals surface area contributed by atoms with Crippen LogP contribution in [0.4, 0.5) is 0 Å². The number of nitrogens with one attached hydrogen (secondary N) is 1. The van der Waals surface area contributed by atoms with Gasteiger partial charge >= 0.3 is 0 Å². The molecular weight excluding hydrogens is 262 g/mol. The number of rotatable bonds is 9. The molecule has 114 valence electrons. The molecule has 0 aliphatic carbocycles. The second kappa shape index (κ2) is 8.60. The van der Waals surface area contributed by atoms with Crippen LogP contribution in [-0.2, 0) is 11.2 Å². The third-order valence-corrected chi connectivity index (χ3v) is 5.39. The molecule has 0 spiro atoms. The third-order valence-electron chi connectivity index (χ3n) is 3.59. The summed E-state index contributed by atoms with van der Waals surface area (Å²) < 4.78 is 5.11. The van der Waals surface area contributed by atoms with Crippen LogP contribution in [0, 0.1) is 12.8 Å². The zero-order chi connectivity index (χ0) is 15.0. The molecule has 0 heterocycles. The van der Waals surface area contributed by atoms with E-state index in [0.717, 1.165) is 25.6 Å². The van der Waals surface area contributed by atoms with Gasteiger partial charge in [0.05, 0.1) is 6.61 Å². The van der Waals surface area contributed by atoms with Gasteiger partial charge in [0.25, 0.3) is 0 Å². The Bertz CT molecular complexity index is 387. The molecule has 0 saturated carbocycles. The Labute approximate surface area is 125 Å². The highest BCUT2D eigenvalue weighted by Crippen LogP contribution is 2.22. The number of ether oxygens (including phenoxy) is 1. The Hall–Kier alpha value is -0.643. The van der Waals surface area contributed by atoms with Crippen LogP contribution >= 0.6 is 0 Å². The van der Waals surface area contributed by atoms with Gasteiger partial charge in [0.1, 0.15) is 0 Å². The third kappa shape index (κ3) is 7.22. The number of aryl methyl sites for hydroxylation is 1. The maximum absolute atomic E-state index is 5.11. The average Bonchev–Trinajstić information content (AvgIpc) is 2.35. The summed E-state index contributed by atoms with van der Waals surface area (Å²) in [6.45, 7) is 12.5. The summed E-state index contributed by atoms with van der Waals surface area (Å²) in [5.74, 6) is 0.736. The van der Waals surface area contributed by atoms with Crippen molar-refractivity contribution in [3.63, 3.8) is 0 Å². The Morgan fingerprint density at radius 3 is 2.50 bits per heavy atom. The van der Waals surface area contributed by atoms with Gasteiger partial charge in [-0.1, -0.05) is 50.0 Å². The van der Waals surface area contributed by atoms with Crippen LogP contribution in [0.2, 0.25) is 25.7 Å². The molecule has 1 N–H and O–H groups in total. The van der Waals surface area contributed by atoms with E-state index >= 15 is 0 Å². The van der Waals surface area contributed by atoms with Crippen LogP contribution in [-0.4, -0.2) is 34.9 Å². The summed E-state index contributed by atoms with van der Waals surface area (Å²) in [5, 5.41) is 3.55. The largest absolute Gasteiger partial charge is 0.383 e. The minimum absolute atomic E-state index is 0.736. The minimum atomic E-state index is -1.03. The molecule has 0 aromatic heterocycles. The number of hydrogen-bond acceptors (Lipinski definition) is 2. The van der Waals surface area contributed by atoms with Gasteiger partial charge in [-0.15, -0.1) is 0 Å². The van der Waals surface area contributed by atoms with Crippen molar-refractivity contribution in [1.29, 1.82) is 0 Å². The molecule has 0 radical (unpaired) electrons. The van der Waals surface area contributed by atoms with Crippen molar-refractivity contribution >= 4 is 8.07 Å². The lowest BCUT2D eigenvalue weighted by molar-refractivity contribution is 0.198. The zero-order valence-corrected chi connectivity index (χ0v) is 14.8. The van der Waals surface area contributed by atoms with E-state index in [1.165, 1.54) is 23.6 Å². The SMILES string of the molecule is COCCNCC(Cc1ccccc1C)C[Si](C)(C)C. The van der Waals surface area contributed by atoms with E-state index in [1.807, 2.05) is 0 Å². The van der Waals surface area contributed by atoms with Crippen LogP contribution in [0.25, 0.3) is 0 Å². The predicted octanol–water partition coefficient (Wildman–Crippen LogP) is 3.73. The normalized spacial score (nSPS) is 13.4. The van der Waals surface area contributed by atoms with Crippen molar-refractivity contribution in [2.24, 2.45) is 5.92 Å². The van der Waals surface area contributed by atoms with Crippen molar-refractivity contribution in [2.45, 2.75) is 39.0 Å². The lowest BCUT2D eigenvalue weighted by Gasteiger charge is -2.25. The van der Waals surface area contributed by atoms with Crippen LogP contribution in [0.1, 0.15) is 11.1 Å². The Kier molecular flexibility index (Phi) is 7.49. The Morgan fingerprint density at radius 2 is 1.90 bits per heavy atom. The smallest absolute Gasteiger partial charge is 0.0587 e. The molecule has 0 saturated heterocycles. The lowest BCUT2D eigenvalue weighted by atomic mass is 9.97. The van der Waals surface area contributed by atoms with Crippen LogP contribution in [0.15, 0.2) is 24.3 Å². The quantitative estimate of drug-likeness (QED) is 0.553. The van der Waals surface area contributed by atoms with E-state index in [4.69, 9.17) is 4.74 Å². The predicted molar refractivity (Wildman–Crippen MR) is 91.3 cm³/mol. The van der Waals surface area contributed by atoms with Crippen molar-refractivity contribution in [3.05, 3.63) is 35.4 Å². The Balaban J connectivity index is 2.60. The second-order valence-electron chi connectivity index (χ2n) is 6.96. The molecule has 1 aromatic rings. The topological polar surface area (TPSA) is 21.3 Å². The summed E-state index contributed by atoms with van der Waals surface area (Å²) >= 11 is 0. The van der Waals surface area contributed by atoms with Crippen molar-refractivity contribution < 1.29 is 4.74 Å². The standard InChI is InChI=1S/C17H31NOSi/c1-15-8-6-7-9-17(15)12-16(14-20(3,4)5)13-18-10-11-19-2/h6-9,16,18H,10-14H2,1-5H3. The van der Waals surface area contributed by atoms with Gasteiger partial charge in [-0.25, -0.2) is 0 Å². The highest BCUT2D eigenvalue weighted by Gasteiger charge is 2.21. The zero-order valence-electron chi connectivity index (χ0n) is 13.8. The summed E-state index contributed by atoms with van der Waals surface area (Å²) in [5.41, 5.74) is 2.93. The molecule has 0 bridgehead atoms. The number of methoxy groups -OCH3 is 1. The molecular formula is C17H31NOSi. The molecule has 1 aromatic carbocycles. The van der Waals surface area contributed by atoms with Crippen molar-refractivity contribution in [2.75, 3.05) is 26.8 Å². The maximum atomic E-state index is 5.11. The van der Waals surface area contributed by atoms with E-state index < -0.39 is 8.07 Å². The molecule has 2 nitrogen and oxygen atoms in total. The fraction of sp³-hybridized carbons (Fsp3) is 0.647. The van der Waals surface area contributed by atoms with E-state index in [-0.39, 0.29) is 0 Å². The first kappa shape index (κ1) is 17.4. The monoisotopic (exact) mass is 293 g/mol. The first-order valence-corrected chi connectivity index (χ1v) is 11.4. The fourth-order valence-electron chi connectivity index (χ4n) is 2.71. The van der Waals surface area contributed by atoms with Crippen LogP contribution in [0.3, 0.4) is 0 Å². The number of benzene rings is 1. The molecule has 20 heavy (non-hydrogen) atoms. The summed E-state index contributed by atoms with van der Waals surface area (Å²) in [4.78, 5) is 0. The maximum Gasteiger partial charge on any atom is 0.0587 e. The molecule has 0 aliphatic rings. The van der Waals surface area contributed by atoms with E-state index in [1.54, 1.807) is 7.11 Å². The van der Waals surface area contributed by atoms with E-state index in [0.29, 0.717) is 0 Å². The van der Waals surface area contributed by atoms with Gasteiger partial charge in [0.2, 0.25) is 0 Å². The van der Waals surface area contributed by atoms with Crippen LogP contribution in [0.5, 0.6) is 0 Å². The molecule has 0 amide bonds.